The Morgan fingerprint density at radius 2 is 1.84 bits per heavy atom. The molecule has 2 amide bonds. The van der Waals surface area contributed by atoms with Crippen LogP contribution in [0.5, 0.6) is 0 Å². The van der Waals surface area contributed by atoms with Gasteiger partial charge in [0.1, 0.15) is 0 Å². The van der Waals surface area contributed by atoms with Crippen molar-refractivity contribution in [2.24, 2.45) is 0 Å². The highest BCUT2D eigenvalue weighted by Gasteiger charge is 2.31. The van der Waals surface area contributed by atoms with Crippen LogP contribution >= 0.6 is 11.3 Å². The lowest BCUT2D eigenvalue weighted by molar-refractivity contribution is -0.137. The number of aromatic nitrogens is 1. The van der Waals surface area contributed by atoms with E-state index in [1.54, 1.807) is 17.5 Å². The van der Waals surface area contributed by atoms with Gasteiger partial charge >= 0.3 is 6.18 Å². The second-order valence-corrected chi connectivity index (χ2v) is 7.48. The lowest BCUT2D eigenvalue weighted by Crippen LogP contribution is -2.23. The zero-order valence-electron chi connectivity index (χ0n) is 16.6. The lowest BCUT2D eigenvalue weighted by Gasteiger charge is -2.19. The molecule has 0 fully saturated rings. The minimum absolute atomic E-state index is 0.0596. The Morgan fingerprint density at radius 1 is 1.13 bits per heavy atom. The number of alkyl halides is 3. The van der Waals surface area contributed by atoms with Gasteiger partial charge in [0.15, 0.2) is 5.13 Å². The molecule has 1 aromatic heterocycles. The molecule has 0 aliphatic heterocycles. The summed E-state index contributed by atoms with van der Waals surface area (Å²) in [5.74, 6) is -0.846. The van der Waals surface area contributed by atoms with Crippen LogP contribution in [0.2, 0.25) is 0 Å². The zero-order chi connectivity index (χ0) is 22.6. The van der Waals surface area contributed by atoms with Crippen molar-refractivity contribution in [1.29, 1.82) is 0 Å². The minimum atomic E-state index is -4.53. The van der Waals surface area contributed by atoms with E-state index in [9.17, 15) is 22.8 Å². The maximum absolute atomic E-state index is 13.0. The Balaban J connectivity index is 1.77. The molecule has 3 rings (SSSR count). The van der Waals surface area contributed by atoms with E-state index >= 15 is 0 Å². The first-order valence-corrected chi connectivity index (χ1v) is 10.0. The summed E-state index contributed by atoms with van der Waals surface area (Å²) in [6.45, 7) is 3.18. The fourth-order valence-electron chi connectivity index (χ4n) is 2.69. The second kappa shape index (κ2) is 9.13. The predicted molar refractivity (Wildman–Crippen MR) is 115 cm³/mol. The molecule has 3 aromatic rings. The molecule has 1 heterocycles. The number of halogens is 3. The van der Waals surface area contributed by atoms with Gasteiger partial charge in [-0.05, 0) is 43.3 Å². The molecule has 0 atom stereocenters. The van der Waals surface area contributed by atoms with E-state index in [1.165, 1.54) is 31.2 Å². The third kappa shape index (κ3) is 5.79. The van der Waals surface area contributed by atoms with Crippen molar-refractivity contribution >= 4 is 45.7 Å². The van der Waals surface area contributed by atoms with E-state index in [-0.39, 0.29) is 16.7 Å². The van der Waals surface area contributed by atoms with Crippen LogP contribution in [0, 0.1) is 6.92 Å². The van der Waals surface area contributed by atoms with Gasteiger partial charge in [0.25, 0.3) is 0 Å². The lowest BCUT2D eigenvalue weighted by atomic mass is 10.2. The highest BCUT2D eigenvalue weighted by Crippen LogP contribution is 2.35. The normalized spacial score (nSPS) is 11.5. The summed E-state index contributed by atoms with van der Waals surface area (Å²) in [7, 11) is 0. The third-order valence-electron chi connectivity index (χ3n) is 4.17. The Morgan fingerprint density at radius 3 is 2.48 bits per heavy atom. The van der Waals surface area contributed by atoms with Gasteiger partial charge < -0.3 is 5.32 Å². The average Bonchev–Trinajstić information content (AvgIpc) is 3.16. The molecule has 0 aliphatic rings. The van der Waals surface area contributed by atoms with Crippen molar-refractivity contribution in [2.75, 3.05) is 10.2 Å². The molecule has 0 saturated heterocycles. The van der Waals surface area contributed by atoms with Gasteiger partial charge in [0, 0.05) is 24.1 Å². The summed E-state index contributed by atoms with van der Waals surface area (Å²) in [5.41, 5.74) is 1.31. The highest BCUT2D eigenvalue weighted by atomic mass is 32.1. The molecule has 5 nitrogen and oxygen atoms in total. The van der Waals surface area contributed by atoms with E-state index in [2.05, 4.69) is 10.3 Å². The van der Waals surface area contributed by atoms with Crippen molar-refractivity contribution in [3.8, 4) is 0 Å². The van der Waals surface area contributed by atoms with Crippen LogP contribution in [0.1, 0.15) is 23.7 Å². The Hall–Kier alpha value is -3.46. The van der Waals surface area contributed by atoms with E-state index in [1.807, 2.05) is 19.1 Å². The monoisotopic (exact) mass is 445 g/mol. The summed E-state index contributed by atoms with van der Waals surface area (Å²) < 4.78 is 39.1. The first kappa shape index (κ1) is 22.2. The molecule has 0 saturated carbocycles. The van der Waals surface area contributed by atoms with Crippen molar-refractivity contribution < 1.29 is 22.8 Å². The van der Waals surface area contributed by atoms with Crippen molar-refractivity contribution in [2.45, 2.75) is 20.0 Å². The van der Waals surface area contributed by atoms with E-state index < -0.39 is 17.6 Å². The summed E-state index contributed by atoms with van der Waals surface area (Å²) in [6.07, 6.45) is -1.77. The van der Waals surface area contributed by atoms with Gasteiger partial charge in [0.05, 0.1) is 16.9 Å². The molecular formula is C22H18F3N3O2S. The van der Waals surface area contributed by atoms with Gasteiger partial charge in [-0.1, -0.05) is 23.8 Å². The van der Waals surface area contributed by atoms with Gasteiger partial charge in [-0.25, -0.2) is 4.98 Å². The van der Waals surface area contributed by atoms with Crippen molar-refractivity contribution in [3.63, 3.8) is 0 Å². The van der Waals surface area contributed by atoms with E-state index in [4.69, 9.17) is 0 Å². The SMILES string of the molecule is CC(=O)N(c1cccc(C(F)(F)F)c1)c1nc(/C=C/C(=O)Nc2ccc(C)cc2)cs1. The number of nitrogens with one attached hydrogen (secondary N) is 1. The summed E-state index contributed by atoms with van der Waals surface area (Å²) in [6, 6.07) is 11.8. The molecule has 1 N–H and O–H groups in total. The van der Waals surface area contributed by atoms with Crippen LogP contribution in [-0.4, -0.2) is 16.8 Å². The number of benzene rings is 2. The topological polar surface area (TPSA) is 62.3 Å². The van der Waals surface area contributed by atoms with Crippen LogP contribution in [0.15, 0.2) is 60.0 Å². The summed E-state index contributed by atoms with van der Waals surface area (Å²) >= 11 is 1.08. The smallest absolute Gasteiger partial charge is 0.323 e. The standard InChI is InChI=1S/C22H18F3N3O2S/c1-14-6-8-17(9-7-14)26-20(30)11-10-18-13-31-21(27-18)28(15(2)29)19-5-3-4-16(12-19)22(23,24)25/h3-13H,1-2H3,(H,26,30)/b11-10+. The molecule has 2 aromatic carbocycles. The molecule has 0 bridgehead atoms. The van der Waals surface area contributed by atoms with Crippen LogP contribution in [-0.2, 0) is 15.8 Å². The number of aryl methyl sites for hydroxylation is 1. The molecule has 0 aliphatic carbocycles. The Bertz CT molecular complexity index is 1120. The van der Waals surface area contributed by atoms with Gasteiger partial charge in [-0.15, -0.1) is 11.3 Å². The molecule has 9 heteroatoms. The molecule has 0 unspecified atom stereocenters. The third-order valence-corrected chi connectivity index (χ3v) is 5.02. The van der Waals surface area contributed by atoms with Crippen molar-refractivity contribution in [3.05, 3.63) is 76.8 Å². The van der Waals surface area contributed by atoms with Gasteiger partial charge in [0.2, 0.25) is 11.8 Å². The number of nitrogens with zero attached hydrogens (tertiary/aromatic N) is 2. The molecule has 160 valence electrons. The average molecular weight is 445 g/mol. The fraction of sp³-hybridized carbons (Fsp3) is 0.136. The number of anilines is 3. The number of thiazole rings is 1. The van der Waals surface area contributed by atoms with Crippen LogP contribution < -0.4 is 10.2 Å². The minimum Gasteiger partial charge on any atom is -0.323 e. The van der Waals surface area contributed by atoms with Gasteiger partial charge in [-0.3, -0.25) is 14.5 Å². The number of amides is 2. The Kier molecular flexibility index (Phi) is 6.55. The van der Waals surface area contributed by atoms with Crippen LogP contribution in [0.4, 0.5) is 29.7 Å². The summed E-state index contributed by atoms with van der Waals surface area (Å²) in [5, 5.41) is 4.52. The maximum atomic E-state index is 13.0. The maximum Gasteiger partial charge on any atom is 0.416 e. The number of hydrogen-bond donors (Lipinski definition) is 1. The van der Waals surface area contributed by atoms with Crippen LogP contribution in [0.3, 0.4) is 0 Å². The first-order valence-electron chi connectivity index (χ1n) is 9.13. The number of hydrogen-bond acceptors (Lipinski definition) is 4. The Labute approximate surface area is 180 Å². The van der Waals surface area contributed by atoms with E-state index in [0.717, 1.165) is 33.9 Å². The second-order valence-electron chi connectivity index (χ2n) is 6.65. The van der Waals surface area contributed by atoms with Gasteiger partial charge in [-0.2, -0.15) is 13.2 Å². The first-order chi connectivity index (χ1) is 14.6. The molecule has 31 heavy (non-hydrogen) atoms. The zero-order valence-corrected chi connectivity index (χ0v) is 17.4. The fourth-order valence-corrected chi connectivity index (χ4v) is 3.54. The molecule has 0 radical (unpaired) electrons. The quantitative estimate of drug-likeness (QED) is 0.505. The number of carbonyl (C=O) groups excluding carboxylic acids is 2. The molecular weight excluding hydrogens is 427 g/mol. The predicted octanol–water partition coefficient (Wildman–Crippen LogP) is 5.81. The highest BCUT2D eigenvalue weighted by molar-refractivity contribution is 7.14. The largest absolute Gasteiger partial charge is 0.416 e. The van der Waals surface area contributed by atoms with Crippen LogP contribution in [0.25, 0.3) is 6.08 Å². The van der Waals surface area contributed by atoms with Crippen molar-refractivity contribution in [1.82, 2.24) is 4.98 Å². The summed E-state index contributed by atoms with van der Waals surface area (Å²) in [4.78, 5) is 29.6. The number of rotatable bonds is 5. The molecule has 0 spiro atoms. The van der Waals surface area contributed by atoms with E-state index in [0.29, 0.717) is 11.4 Å². The number of carbonyl (C=O) groups is 2.